The molecule has 0 bridgehead atoms. The number of rotatable bonds is 3. The number of nitrogens with zero attached hydrogens (tertiary/aromatic N) is 3. The average Bonchev–Trinajstić information content (AvgIpc) is 2.86. The van der Waals surface area contributed by atoms with E-state index in [-0.39, 0.29) is 10.7 Å². The van der Waals surface area contributed by atoms with Crippen LogP contribution in [0.2, 0.25) is 10.0 Å². The number of carbonyl (C=O) groups excluding carboxylic acids is 2. The Labute approximate surface area is 154 Å². The van der Waals surface area contributed by atoms with Crippen molar-refractivity contribution in [3.63, 3.8) is 0 Å². The monoisotopic (exact) mass is 376 g/mol. The summed E-state index contributed by atoms with van der Waals surface area (Å²) in [5, 5.41) is 1.74. The molecule has 1 aliphatic rings. The van der Waals surface area contributed by atoms with Gasteiger partial charge in [0.05, 0.1) is 21.4 Å². The summed E-state index contributed by atoms with van der Waals surface area (Å²) in [4.78, 5) is 30.8. The van der Waals surface area contributed by atoms with Gasteiger partial charge in [-0.15, -0.1) is 0 Å². The van der Waals surface area contributed by atoms with Gasteiger partial charge in [-0.1, -0.05) is 23.2 Å². The van der Waals surface area contributed by atoms with Gasteiger partial charge in [0.2, 0.25) is 0 Å². The zero-order valence-electron chi connectivity index (χ0n) is 13.5. The summed E-state index contributed by atoms with van der Waals surface area (Å²) in [5.41, 5.74) is 4.19. The minimum Gasteiger partial charge on any atom is -0.378 e. The highest BCUT2D eigenvalue weighted by Crippen LogP contribution is 2.28. The number of hydrazine groups is 1. The zero-order valence-corrected chi connectivity index (χ0v) is 15.0. The summed E-state index contributed by atoms with van der Waals surface area (Å²) in [6, 6.07) is 11.8. The van der Waals surface area contributed by atoms with Gasteiger partial charge in [-0.05, 0) is 42.5 Å². The Morgan fingerprint density at radius 2 is 1.68 bits per heavy atom. The largest absolute Gasteiger partial charge is 0.378 e. The summed E-state index contributed by atoms with van der Waals surface area (Å²) >= 11 is 11.8. The highest BCUT2D eigenvalue weighted by molar-refractivity contribution is 6.71. The molecule has 3 rings (SSSR count). The molecule has 1 heterocycles. The molecule has 0 radical (unpaired) electrons. The molecule has 0 unspecified atom stereocenters. The Hall–Kier alpha value is -2.57. The Kier molecular flexibility index (Phi) is 4.65. The van der Waals surface area contributed by atoms with E-state index in [2.05, 4.69) is 10.4 Å². The fraction of sp³-hybridized carbons (Fsp3) is 0.118. The first-order valence-corrected chi connectivity index (χ1v) is 8.09. The van der Waals surface area contributed by atoms with Gasteiger partial charge in [-0.2, -0.15) is 0 Å². The van der Waals surface area contributed by atoms with E-state index in [1.54, 1.807) is 24.3 Å². The number of nitrogens with one attached hydrogen (secondary N) is 1. The average molecular weight is 377 g/mol. The van der Waals surface area contributed by atoms with Crippen molar-refractivity contribution in [1.29, 1.82) is 0 Å². The van der Waals surface area contributed by atoms with Crippen molar-refractivity contribution in [1.82, 2.24) is 5.43 Å². The molecule has 0 aromatic heterocycles. The lowest BCUT2D eigenvalue weighted by Crippen LogP contribution is -2.35. The summed E-state index contributed by atoms with van der Waals surface area (Å²) in [6.45, 7) is 0. The highest BCUT2D eigenvalue weighted by Gasteiger charge is 2.36. The maximum Gasteiger partial charge on any atom is 0.301 e. The van der Waals surface area contributed by atoms with E-state index in [4.69, 9.17) is 23.2 Å². The Morgan fingerprint density at radius 1 is 1.00 bits per heavy atom. The number of benzene rings is 2. The Morgan fingerprint density at radius 3 is 2.28 bits per heavy atom. The van der Waals surface area contributed by atoms with Crippen LogP contribution >= 0.6 is 23.2 Å². The Bertz CT molecular complexity index is 879. The fourth-order valence-electron chi connectivity index (χ4n) is 2.27. The molecule has 1 fully saturated rings. The fourth-order valence-corrected chi connectivity index (χ4v) is 2.56. The Balaban J connectivity index is 1.89. The first kappa shape index (κ1) is 17.3. The van der Waals surface area contributed by atoms with Crippen molar-refractivity contribution in [2.45, 2.75) is 0 Å². The van der Waals surface area contributed by atoms with Crippen LogP contribution < -0.4 is 15.3 Å². The quantitative estimate of drug-likeness (QED) is 0.894. The third-order valence-corrected chi connectivity index (χ3v) is 4.34. The van der Waals surface area contributed by atoms with Crippen LogP contribution in [0.25, 0.3) is 0 Å². The smallest absolute Gasteiger partial charge is 0.301 e. The van der Waals surface area contributed by atoms with Crippen LogP contribution in [-0.2, 0) is 9.59 Å². The molecule has 0 atom stereocenters. The number of amides is 2. The van der Waals surface area contributed by atoms with Gasteiger partial charge >= 0.3 is 5.91 Å². The maximum absolute atomic E-state index is 12.5. The van der Waals surface area contributed by atoms with E-state index >= 15 is 0 Å². The van der Waals surface area contributed by atoms with Crippen molar-refractivity contribution < 1.29 is 9.59 Å². The van der Waals surface area contributed by atoms with Gasteiger partial charge < -0.3 is 4.90 Å². The molecule has 0 aliphatic carbocycles. The minimum atomic E-state index is -0.576. The number of hydrogen-bond acceptors (Lipinski definition) is 4. The normalized spacial score (nSPS) is 15.7. The summed E-state index contributed by atoms with van der Waals surface area (Å²) < 4.78 is 0. The third-order valence-electron chi connectivity index (χ3n) is 3.60. The molecule has 0 saturated carbocycles. The number of aliphatic imine (C=N–C) groups is 1. The highest BCUT2D eigenvalue weighted by atomic mass is 35.5. The van der Waals surface area contributed by atoms with Crippen LogP contribution in [0.3, 0.4) is 0 Å². The van der Waals surface area contributed by atoms with Crippen LogP contribution in [0, 0.1) is 0 Å². The predicted molar refractivity (Wildman–Crippen MR) is 100.0 cm³/mol. The first-order valence-electron chi connectivity index (χ1n) is 7.33. The molecule has 2 aromatic rings. The summed E-state index contributed by atoms with van der Waals surface area (Å²) in [6.07, 6.45) is 0. The molecule has 25 heavy (non-hydrogen) atoms. The lowest BCUT2D eigenvalue weighted by molar-refractivity contribution is -0.114. The second kappa shape index (κ2) is 6.74. The summed E-state index contributed by atoms with van der Waals surface area (Å²) in [7, 11) is 3.84. The van der Waals surface area contributed by atoms with Crippen molar-refractivity contribution in [3.05, 3.63) is 52.5 Å². The van der Waals surface area contributed by atoms with Gasteiger partial charge in [0.1, 0.15) is 0 Å². The third kappa shape index (κ3) is 3.45. The lowest BCUT2D eigenvalue weighted by atomic mass is 10.2. The van der Waals surface area contributed by atoms with Gasteiger partial charge in [-0.25, -0.2) is 10.0 Å². The molecule has 6 nitrogen and oxygen atoms in total. The van der Waals surface area contributed by atoms with Crippen LogP contribution in [0.1, 0.15) is 0 Å². The molecule has 8 heteroatoms. The summed E-state index contributed by atoms with van der Waals surface area (Å²) in [5.74, 6) is -1.13. The number of halogens is 2. The lowest BCUT2D eigenvalue weighted by Gasteiger charge is -2.14. The molecular formula is C17H14Cl2N4O2. The molecule has 2 amide bonds. The van der Waals surface area contributed by atoms with E-state index in [0.717, 1.165) is 10.7 Å². The molecule has 2 aromatic carbocycles. The van der Waals surface area contributed by atoms with Gasteiger partial charge in [0, 0.05) is 19.8 Å². The molecule has 1 aliphatic heterocycles. The number of hydrogen-bond donors (Lipinski definition) is 1. The van der Waals surface area contributed by atoms with Crippen LogP contribution in [-0.4, -0.2) is 31.6 Å². The second-order valence-electron chi connectivity index (χ2n) is 5.55. The second-order valence-corrected chi connectivity index (χ2v) is 6.37. The minimum absolute atomic E-state index is 0.191. The standard InChI is InChI=1S/C17H14Cl2N4O2/c1-22(2)11-5-3-10(4-6-11)20-15-16(24)21-23(17(15)25)12-7-8-13(18)14(19)9-12/h3-9H,1-2H3,(H,21,24). The first-order chi connectivity index (χ1) is 11.9. The van der Waals surface area contributed by atoms with Crippen LogP contribution in [0.15, 0.2) is 47.5 Å². The zero-order chi connectivity index (χ0) is 18.1. The van der Waals surface area contributed by atoms with Gasteiger partial charge in [0.25, 0.3) is 5.91 Å². The van der Waals surface area contributed by atoms with Crippen LogP contribution in [0.5, 0.6) is 0 Å². The van der Waals surface area contributed by atoms with Crippen molar-refractivity contribution in [2.24, 2.45) is 4.99 Å². The van der Waals surface area contributed by atoms with Crippen molar-refractivity contribution in [3.8, 4) is 0 Å². The molecular weight excluding hydrogens is 363 g/mol. The van der Waals surface area contributed by atoms with Crippen molar-refractivity contribution >= 4 is 57.8 Å². The molecule has 128 valence electrons. The van der Waals surface area contributed by atoms with Crippen molar-refractivity contribution in [2.75, 3.05) is 24.0 Å². The van der Waals surface area contributed by atoms with E-state index in [1.807, 2.05) is 31.1 Å². The van der Waals surface area contributed by atoms with Gasteiger partial charge in [-0.3, -0.25) is 15.0 Å². The molecule has 1 saturated heterocycles. The number of carbonyl (C=O) groups is 2. The SMILES string of the molecule is CN(C)c1ccc(N=C2C(=O)NN(c3ccc(Cl)c(Cl)c3)C2=O)cc1. The van der Waals surface area contributed by atoms with Gasteiger partial charge in [0.15, 0.2) is 5.71 Å². The predicted octanol–water partition coefficient (Wildman–Crippen LogP) is 3.21. The van der Waals surface area contributed by atoms with E-state index in [9.17, 15) is 9.59 Å². The molecule has 1 N–H and O–H groups in total. The van der Waals surface area contributed by atoms with E-state index in [0.29, 0.717) is 16.4 Å². The topological polar surface area (TPSA) is 65.0 Å². The molecule has 0 spiro atoms. The van der Waals surface area contributed by atoms with E-state index in [1.165, 1.54) is 6.07 Å². The number of anilines is 2. The maximum atomic E-state index is 12.5. The van der Waals surface area contributed by atoms with Crippen LogP contribution in [0.4, 0.5) is 17.1 Å². The van der Waals surface area contributed by atoms with E-state index < -0.39 is 11.8 Å².